The quantitative estimate of drug-likeness (QED) is 0.859. The van der Waals surface area contributed by atoms with Crippen LogP contribution in [0.5, 0.6) is 0 Å². The van der Waals surface area contributed by atoms with Gasteiger partial charge in [-0.2, -0.15) is 0 Å². The summed E-state index contributed by atoms with van der Waals surface area (Å²) in [4.78, 5) is 11.4. The van der Waals surface area contributed by atoms with Crippen LogP contribution in [0, 0.1) is 5.92 Å². The van der Waals surface area contributed by atoms with E-state index in [9.17, 15) is 13.2 Å². The number of anilines is 2. The Bertz CT molecular complexity index is 507. The van der Waals surface area contributed by atoms with Crippen molar-refractivity contribution in [1.82, 2.24) is 0 Å². The van der Waals surface area contributed by atoms with E-state index in [-0.39, 0.29) is 17.6 Å². The Kier molecular flexibility index (Phi) is 4.72. The Balaban J connectivity index is 2.72. The lowest BCUT2D eigenvalue weighted by molar-refractivity contribution is -0.118. The average molecular weight is 270 g/mol. The van der Waals surface area contributed by atoms with Gasteiger partial charge in [0.2, 0.25) is 15.9 Å². The van der Waals surface area contributed by atoms with Crippen molar-refractivity contribution >= 4 is 27.3 Å². The van der Waals surface area contributed by atoms with Crippen molar-refractivity contribution in [2.45, 2.75) is 20.8 Å². The summed E-state index contributed by atoms with van der Waals surface area (Å²) in [5, 5.41) is 2.73. The molecule has 0 saturated carbocycles. The van der Waals surface area contributed by atoms with Gasteiger partial charge in [0.25, 0.3) is 0 Å². The van der Waals surface area contributed by atoms with E-state index in [1.165, 1.54) is 0 Å². The normalized spacial score (nSPS) is 11.3. The van der Waals surface area contributed by atoms with Crippen LogP contribution >= 0.6 is 0 Å². The van der Waals surface area contributed by atoms with Gasteiger partial charge in [-0.15, -0.1) is 0 Å². The highest BCUT2D eigenvalue weighted by atomic mass is 32.2. The number of carbonyl (C=O) groups excluding carboxylic acids is 1. The zero-order valence-electron chi connectivity index (χ0n) is 10.7. The van der Waals surface area contributed by atoms with Crippen LogP contribution in [0.2, 0.25) is 0 Å². The van der Waals surface area contributed by atoms with Gasteiger partial charge in [-0.1, -0.05) is 13.8 Å². The first kappa shape index (κ1) is 14.5. The standard InChI is InChI=1S/C12H18N2O3S/c1-4-18(16,17)14-11-7-5-10(6-8-11)13-12(15)9(2)3/h5-9,14H,4H2,1-3H3,(H,13,15). The molecule has 100 valence electrons. The van der Waals surface area contributed by atoms with Crippen LogP contribution in [0.25, 0.3) is 0 Å². The summed E-state index contributed by atoms with van der Waals surface area (Å²) < 4.78 is 25.1. The lowest BCUT2D eigenvalue weighted by Gasteiger charge is -2.09. The Morgan fingerprint density at radius 3 is 2.11 bits per heavy atom. The smallest absolute Gasteiger partial charge is 0.232 e. The molecule has 0 saturated heterocycles. The van der Waals surface area contributed by atoms with Gasteiger partial charge in [0.1, 0.15) is 0 Å². The molecular weight excluding hydrogens is 252 g/mol. The van der Waals surface area contributed by atoms with E-state index in [0.717, 1.165) is 0 Å². The molecule has 0 heterocycles. The molecular formula is C12H18N2O3S. The molecule has 0 bridgehead atoms. The lowest BCUT2D eigenvalue weighted by atomic mass is 10.2. The molecule has 0 fully saturated rings. The van der Waals surface area contributed by atoms with Crippen molar-refractivity contribution < 1.29 is 13.2 Å². The van der Waals surface area contributed by atoms with Crippen molar-refractivity contribution in [3.05, 3.63) is 24.3 Å². The molecule has 6 heteroatoms. The van der Waals surface area contributed by atoms with E-state index >= 15 is 0 Å². The van der Waals surface area contributed by atoms with E-state index in [1.54, 1.807) is 45.0 Å². The van der Waals surface area contributed by atoms with Crippen molar-refractivity contribution in [3.8, 4) is 0 Å². The molecule has 0 spiro atoms. The fourth-order valence-electron chi connectivity index (χ4n) is 1.16. The summed E-state index contributed by atoms with van der Waals surface area (Å²) in [5.74, 6) is -0.140. The zero-order chi connectivity index (χ0) is 13.8. The summed E-state index contributed by atoms with van der Waals surface area (Å²) in [6, 6.07) is 6.55. The fraction of sp³-hybridized carbons (Fsp3) is 0.417. The highest BCUT2D eigenvalue weighted by Crippen LogP contribution is 2.15. The topological polar surface area (TPSA) is 75.3 Å². The molecule has 2 N–H and O–H groups in total. The maximum absolute atomic E-state index is 11.4. The lowest BCUT2D eigenvalue weighted by Crippen LogP contribution is -2.18. The molecule has 0 aliphatic heterocycles. The third-order valence-electron chi connectivity index (χ3n) is 2.33. The molecule has 1 rings (SSSR count). The summed E-state index contributed by atoms with van der Waals surface area (Å²) in [6.07, 6.45) is 0. The minimum atomic E-state index is -3.26. The SMILES string of the molecule is CCS(=O)(=O)Nc1ccc(NC(=O)C(C)C)cc1. The van der Waals surface area contributed by atoms with Gasteiger partial charge in [-0.3, -0.25) is 9.52 Å². The highest BCUT2D eigenvalue weighted by molar-refractivity contribution is 7.92. The summed E-state index contributed by atoms with van der Waals surface area (Å²) in [7, 11) is -3.26. The number of carbonyl (C=O) groups is 1. The third-order valence-corrected chi connectivity index (χ3v) is 3.64. The highest BCUT2D eigenvalue weighted by Gasteiger charge is 2.08. The molecule has 0 aromatic heterocycles. The van der Waals surface area contributed by atoms with E-state index in [1.807, 2.05) is 0 Å². The van der Waals surface area contributed by atoms with Crippen LogP contribution in [0.15, 0.2) is 24.3 Å². The Morgan fingerprint density at radius 2 is 1.67 bits per heavy atom. The van der Waals surface area contributed by atoms with E-state index in [2.05, 4.69) is 10.0 Å². The third kappa shape index (κ3) is 4.37. The summed E-state index contributed by atoms with van der Waals surface area (Å²) in [5.41, 5.74) is 1.13. The van der Waals surface area contributed by atoms with Crippen molar-refractivity contribution in [1.29, 1.82) is 0 Å². The van der Waals surface area contributed by atoms with Gasteiger partial charge in [-0.25, -0.2) is 8.42 Å². The number of amides is 1. The van der Waals surface area contributed by atoms with Crippen LogP contribution < -0.4 is 10.0 Å². The number of sulfonamides is 1. The maximum atomic E-state index is 11.4. The van der Waals surface area contributed by atoms with Gasteiger partial charge in [0.05, 0.1) is 5.75 Å². The molecule has 1 amide bonds. The van der Waals surface area contributed by atoms with Gasteiger partial charge in [0.15, 0.2) is 0 Å². The molecule has 0 aliphatic carbocycles. The first-order chi connectivity index (χ1) is 8.34. The molecule has 0 unspecified atom stereocenters. The van der Waals surface area contributed by atoms with Crippen LogP contribution in [0.4, 0.5) is 11.4 Å². The van der Waals surface area contributed by atoms with Gasteiger partial charge < -0.3 is 5.32 Å². The van der Waals surface area contributed by atoms with Crippen molar-refractivity contribution in [2.24, 2.45) is 5.92 Å². The predicted molar refractivity (Wildman–Crippen MR) is 73.0 cm³/mol. The Hall–Kier alpha value is -1.56. The Morgan fingerprint density at radius 1 is 1.17 bits per heavy atom. The number of benzene rings is 1. The van der Waals surface area contributed by atoms with Crippen molar-refractivity contribution in [3.63, 3.8) is 0 Å². The van der Waals surface area contributed by atoms with Crippen molar-refractivity contribution in [2.75, 3.05) is 15.8 Å². The minimum Gasteiger partial charge on any atom is -0.326 e. The second-order valence-corrected chi connectivity index (χ2v) is 6.24. The molecule has 0 radical (unpaired) electrons. The molecule has 18 heavy (non-hydrogen) atoms. The number of hydrogen-bond acceptors (Lipinski definition) is 3. The number of rotatable bonds is 5. The monoisotopic (exact) mass is 270 g/mol. The molecule has 0 atom stereocenters. The van der Waals surface area contributed by atoms with E-state index in [4.69, 9.17) is 0 Å². The van der Waals surface area contributed by atoms with Crippen LogP contribution in [-0.2, 0) is 14.8 Å². The largest absolute Gasteiger partial charge is 0.326 e. The molecule has 1 aromatic rings. The van der Waals surface area contributed by atoms with Gasteiger partial charge in [0, 0.05) is 17.3 Å². The Labute approximate surface area is 108 Å². The minimum absolute atomic E-state index is 0.0266. The average Bonchev–Trinajstić information content (AvgIpc) is 2.31. The fourth-order valence-corrected chi connectivity index (χ4v) is 1.80. The molecule has 5 nitrogen and oxygen atoms in total. The van der Waals surface area contributed by atoms with E-state index < -0.39 is 10.0 Å². The predicted octanol–water partition coefficient (Wildman–Crippen LogP) is 2.04. The second kappa shape index (κ2) is 5.86. The second-order valence-electron chi connectivity index (χ2n) is 4.23. The molecule has 1 aromatic carbocycles. The number of hydrogen-bond donors (Lipinski definition) is 2. The van der Waals surface area contributed by atoms with Crippen LogP contribution in [-0.4, -0.2) is 20.1 Å². The summed E-state index contributed by atoms with van der Waals surface area (Å²) >= 11 is 0. The van der Waals surface area contributed by atoms with Gasteiger partial charge >= 0.3 is 0 Å². The van der Waals surface area contributed by atoms with E-state index in [0.29, 0.717) is 11.4 Å². The first-order valence-electron chi connectivity index (χ1n) is 5.75. The summed E-state index contributed by atoms with van der Waals surface area (Å²) in [6.45, 7) is 5.18. The zero-order valence-corrected chi connectivity index (χ0v) is 11.5. The van der Waals surface area contributed by atoms with Gasteiger partial charge in [-0.05, 0) is 31.2 Å². The maximum Gasteiger partial charge on any atom is 0.232 e. The first-order valence-corrected chi connectivity index (χ1v) is 7.40. The number of nitrogens with one attached hydrogen (secondary N) is 2. The van der Waals surface area contributed by atoms with Crippen LogP contribution in [0.1, 0.15) is 20.8 Å². The molecule has 0 aliphatic rings. The van der Waals surface area contributed by atoms with Crippen LogP contribution in [0.3, 0.4) is 0 Å².